The number of rotatable bonds is 6. The van der Waals surface area contributed by atoms with E-state index < -0.39 is 29.9 Å². The van der Waals surface area contributed by atoms with Crippen LogP contribution in [0.4, 0.5) is 13.2 Å². The largest absolute Gasteiger partial charge is 1.00 e. The van der Waals surface area contributed by atoms with E-state index >= 15 is 0 Å². The number of carbonyl (C=O) groups excluding carboxylic acids is 2. The fourth-order valence-corrected chi connectivity index (χ4v) is 3.67. The maximum Gasteiger partial charge on any atom is 1.00 e. The van der Waals surface area contributed by atoms with Crippen LogP contribution in [0.1, 0.15) is 12.8 Å². The van der Waals surface area contributed by atoms with Crippen molar-refractivity contribution in [2.24, 2.45) is 11.8 Å². The Morgan fingerprint density at radius 2 is 1.93 bits per heavy atom. The summed E-state index contributed by atoms with van der Waals surface area (Å²) >= 11 is 1.34. The topological polar surface area (TPSA) is 75.7 Å². The second kappa shape index (κ2) is 10.4. The average Bonchev–Trinajstić information content (AvgIpc) is 2.54. The van der Waals surface area contributed by atoms with Crippen LogP contribution in [0.3, 0.4) is 0 Å². The Hall–Kier alpha value is -1.16. The van der Waals surface area contributed by atoms with Gasteiger partial charge in [0.1, 0.15) is 5.75 Å². The van der Waals surface area contributed by atoms with Gasteiger partial charge in [-0.15, -0.1) is 30.7 Å². The molecule has 0 heterocycles. The molecule has 27 heavy (non-hydrogen) atoms. The van der Waals surface area contributed by atoms with E-state index in [1.807, 2.05) is 0 Å². The van der Waals surface area contributed by atoms with Crippen LogP contribution in [0, 0.1) is 11.8 Å². The molecule has 0 bridgehead atoms. The minimum absolute atomic E-state index is 0. The number of ketones is 1. The second-order valence-electron chi connectivity index (χ2n) is 5.63. The number of benzene rings is 1. The predicted octanol–water partition coefficient (Wildman–Crippen LogP) is -0.306. The van der Waals surface area contributed by atoms with Gasteiger partial charge in [-0.3, -0.25) is 9.59 Å². The van der Waals surface area contributed by atoms with Gasteiger partial charge in [-0.05, 0) is 48.4 Å². The summed E-state index contributed by atoms with van der Waals surface area (Å²) in [6, 6.07) is 5.37. The predicted molar refractivity (Wildman–Crippen MR) is 85.2 cm³/mol. The van der Waals surface area contributed by atoms with Gasteiger partial charge in [-0.2, -0.15) is 0 Å². The molecule has 0 aromatic heterocycles. The van der Waals surface area contributed by atoms with Crippen LogP contribution in [0.15, 0.2) is 41.0 Å². The van der Waals surface area contributed by atoms with Crippen LogP contribution >= 0.6 is 11.8 Å². The number of alkyl halides is 3. The molecular formula is C17H16F3NaO5S. The summed E-state index contributed by atoms with van der Waals surface area (Å²) in [5.74, 6) is -2.80. The number of allylic oxidation sites excluding steroid dienone is 1. The maximum absolute atomic E-state index is 12.1. The molecule has 0 saturated carbocycles. The number of carbonyl (C=O) groups is 2. The Labute approximate surface area is 180 Å². The molecule has 2 rings (SSSR count). The number of thioether (sulfide) groups is 1. The van der Waals surface area contributed by atoms with Gasteiger partial charge in [-0.1, -0.05) is 0 Å². The van der Waals surface area contributed by atoms with Gasteiger partial charge in [-0.25, -0.2) is 0 Å². The first kappa shape index (κ1) is 23.9. The molecule has 0 fully saturated rings. The van der Waals surface area contributed by atoms with Gasteiger partial charge in [0.15, 0.2) is 5.78 Å². The van der Waals surface area contributed by atoms with E-state index in [2.05, 4.69) is 9.47 Å². The van der Waals surface area contributed by atoms with E-state index in [1.54, 1.807) is 0 Å². The van der Waals surface area contributed by atoms with Crippen molar-refractivity contribution < 1.29 is 66.9 Å². The fourth-order valence-electron chi connectivity index (χ4n) is 2.69. The second-order valence-corrected chi connectivity index (χ2v) is 6.80. The van der Waals surface area contributed by atoms with Crippen LogP contribution in [0.5, 0.6) is 5.75 Å². The zero-order valence-corrected chi connectivity index (χ0v) is 17.6. The number of hydrogen-bond acceptors (Lipinski definition) is 6. The van der Waals surface area contributed by atoms with E-state index in [0.29, 0.717) is 17.1 Å². The average molecular weight is 412 g/mol. The zero-order chi connectivity index (χ0) is 19.3. The Morgan fingerprint density at radius 3 is 2.48 bits per heavy atom. The molecule has 0 aliphatic heterocycles. The van der Waals surface area contributed by atoms with E-state index in [4.69, 9.17) is 0 Å². The normalized spacial score (nSPS) is 19.7. The van der Waals surface area contributed by atoms with Gasteiger partial charge in [0.05, 0.1) is 13.0 Å². The van der Waals surface area contributed by atoms with Crippen molar-refractivity contribution in [2.45, 2.75) is 24.1 Å². The summed E-state index contributed by atoms with van der Waals surface area (Å²) < 4.78 is 44.8. The summed E-state index contributed by atoms with van der Waals surface area (Å²) in [7, 11) is 1.18. The monoisotopic (exact) mass is 412 g/mol. The molecule has 2 atom stereocenters. The smallest absolute Gasteiger partial charge is 0.875 e. The molecule has 2 unspecified atom stereocenters. The molecule has 1 aromatic carbocycles. The molecule has 0 spiro atoms. The SMILES string of the molecule is COC(=O)C1C([O-])=CC(=O)CC1CCSc1ccc(OC(F)(F)F)cc1.[Na+]. The Balaban J connectivity index is 0.00000364. The fraction of sp³-hybridized carbons (Fsp3) is 0.412. The molecule has 1 aromatic rings. The number of hydrogen-bond donors (Lipinski definition) is 0. The summed E-state index contributed by atoms with van der Waals surface area (Å²) in [5, 5.41) is 11.9. The number of halogens is 3. The number of methoxy groups -OCH3 is 1. The van der Waals surface area contributed by atoms with Crippen molar-refractivity contribution in [3.63, 3.8) is 0 Å². The third kappa shape index (κ3) is 7.40. The molecule has 0 radical (unpaired) electrons. The summed E-state index contributed by atoms with van der Waals surface area (Å²) in [4.78, 5) is 24.1. The Kier molecular flexibility index (Phi) is 9.20. The van der Waals surface area contributed by atoms with E-state index in [0.717, 1.165) is 6.08 Å². The Morgan fingerprint density at radius 1 is 1.30 bits per heavy atom. The van der Waals surface area contributed by atoms with E-state index in [9.17, 15) is 27.9 Å². The van der Waals surface area contributed by atoms with E-state index in [-0.39, 0.29) is 47.5 Å². The van der Waals surface area contributed by atoms with Crippen LogP contribution in [-0.4, -0.2) is 31.0 Å². The van der Waals surface area contributed by atoms with Crippen LogP contribution in [0.25, 0.3) is 0 Å². The number of ether oxygens (including phenoxy) is 2. The first-order valence-electron chi connectivity index (χ1n) is 7.67. The van der Waals surface area contributed by atoms with Gasteiger partial charge in [0, 0.05) is 11.3 Å². The standard InChI is InChI=1S/C17H17F3O5S.Na/c1-24-16(23)15-10(8-11(21)9-14(15)22)6-7-26-13-4-2-12(3-5-13)25-17(18,19)20;/h2-5,9-10,15,22H,6-8H2,1H3;/q;+1/p-1. The summed E-state index contributed by atoms with van der Waals surface area (Å²) in [5.41, 5.74) is 0. The van der Waals surface area contributed by atoms with Crippen molar-refractivity contribution in [3.8, 4) is 5.75 Å². The van der Waals surface area contributed by atoms with Crippen molar-refractivity contribution in [1.29, 1.82) is 0 Å². The van der Waals surface area contributed by atoms with Gasteiger partial charge in [0.2, 0.25) is 0 Å². The molecule has 1 aliphatic carbocycles. The van der Waals surface area contributed by atoms with Gasteiger partial charge >= 0.3 is 41.9 Å². The first-order valence-corrected chi connectivity index (χ1v) is 8.66. The van der Waals surface area contributed by atoms with Crippen molar-refractivity contribution >= 4 is 23.5 Å². The van der Waals surface area contributed by atoms with Crippen LogP contribution in [0.2, 0.25) is 0 Å². The molecule has 0 saturated heterocycles. The number of esters is 1. The third-order valence-electron chi connectivity index (χ3n) is 3.81. The van der Waals surface area contributed by atoms with E-state index in [1.165, 1.54) is 43.1 Å². The van der Waals surface area contributed by atoms with Crippen molar-refractivity contribution in [3.05, 3.63) is 36.1 Å². The maximum atomic E-state index is 12.1. The van der Waals surface area contributed by atoms with Gasteiger partial charge < -0.3 is 14.6 Å². The zero-order valence-electron chi connectivity index (χ0n) is 14.7. The van der Waals surface area contributed by atoms with Gasteiger partial charge in [0.25, 0.3) is 0 Å². The van der Waals surface area contributed by atoms with Crippen LogP contribution < -0.4 is 39.4 Å². The molecular weight excluding hydrogens is 396 g/mol. The minimum Gasteiger partial charge on any atom is -0.875 e. The summed E-state index contributed by atoms with van der Waals surface area (Å²) in [6.07, 6.45) is -3.31. The first-order chi connectivity index (χ1) is 12.2. The molecule has 0 amide bonds. The molecule has 0 N–H and O–H groups in total. The summed E-state index contributed by atoms with van der Waals surface area (Å²) in [6.45, 7) is 0. The molecule has 1 aliphatic rings. The van der Waals surface area contributed by atoms with Crippen molar-refractivity contribution in [2.75, 3.05) is 12.9 Å². The molecule has 10 heteroatoms. The molecule has 142 valence electrons. The molecule has 5 nitrogen and oxygen atoms in total. The van der Waals surface area contributed by atoms with Crippen molar-refractivity contribution in [1.82, 2.24) is 0 Å². The third-order valence-corrected chi connectivity index (χ3v) is 4.86. The van der Waals surface area contributed by atoms with Crippen LogP contribution in [-0.2, 0) is 14.3 Å². The Bertz CT molecular complexity index is 691. The quantitative estimate of drug-likeness (QED) is 0.363. The minimum atomic E-state index is -4.74.